The van der Waals surface area contributed by atoms with Crippen LogP contribution in [0.4, 0.5) is 0 Å². The lowest BCUT2D eigenvalue weighted by Crippen LogP contribution is -2.35. The zero-order valence-electron chi connectivity index (χ0n) is 13.7. The molecule has 4 nitrogen and oxygen atoms in total. The number of aromatic nitrogens is 1. The molecule has 2 aromatic rings. The van der Waals surface area contributed by atoms with E-state index in [4.69, 9.17) is 4.74 Å². The largest absolute Gasteiger partial charge is 0.486 e. The van der Waals surface area contributed by atoms with Crippen molar-refractivity contribution in [1.82, 2.24) is 9.88 Å². The maximum absolute atomic E-state index is 9.82. The van der Waals surface area contributed by atoms with Gasteiger partial charge < -0.3 is 9.84 Å². The van der Waals surface area contributed by atoms with Gasteiger partial charge in [0, 0.05) is 18.5 Å². The third-order valence-corrected chi connectivity index (χ3v) is 3.94. The van der Waals surface area contributed by atoms with Crippen LogP contribution >= 0.6 is 11.3 Å². The van der Waals surface area contributed by atoms with E-state index in [-0.39, 0.29) is 0 Å². The van der Waals surface area contributed by atoms with Gasteiger partial charge >= 0.3 is 0 Å². The number of ether oxygens (including phenoxy) is 1. The molecular weight excluding hydrogens is 296 g/mol. The molecule has 1 N–H and O–H groups in total. The summed E-state index contributed by atoms with van der Waals surface area (Å²) in [6.07, 6.45) is 0. The van der Waals surface area contributed by atoms with Gasteiger partial charge in [-0.25, -0.2) is 4.98 Å². The molecule has 0 saturated heterocycles. The molecule has 0 spiro atoms. The maximum atomic E-state index is 9.82. The fraction of sp³-hybridized carbons (Fsp3) is 0.471. The van der Waals surface area contributed by atoms with Gasteiger partial charge in [0.1, 0.15) is 17.4 Å². The lowest BCUT2D eigenvalue weighted by atomic mass is 10.1. The van der Waals surface area contributed by atoms with E-state index >= 15 is 0 Å². The topological polar surface area (TPSA) is 45.6 Å². The van der Waals surface area contributed by atoms with E-state index in [9.17, 15) is 5.11 Å². The van der Waals surface area contributed by atoms with Gasteiger partial charge in [-0.3, -0.25) is 4.90 Å². The van der Waals surface area contributed by atoms with E-state index in [1.54, 1.807) is 11.3 Å². The van der Waals surface area contributed by atoms with E-state index in [2.05, 4.69) is 22.2 Å². The maximum Gasteiger partial charge on any atom is 0.140 e. The minimum absolute atomic E-state index is 0.489. The van der Waals surface area contributed by atoms with Crippen molar-refractivity contribution in [2.24, 2.45) is 0 Å². The highest BCUT2D eigenvalue weighted by molar-refractivity contribution is 7.09. The quantitative estimate of drug-likeness (QED) is 0.851. The van der Waals surface area contributed by atoms with E-state index in [0.717, 1.165) is 23.0 Å². The summed E-state index contributed by atoms with van der Waals surface area (Å²) in [7, 11) is 1.99. The fourth-order valence-electron chi connectivity index (χ4n) is 2.26. The summed E-state index contributed by atoms with van der Waals surface area (Å²) in [5.41, 5.74) is 1.54. The third-order valence-electron chi connectivity index (χ3n) is 3.07. The van der Waals surface area contributed by atoms with Crippen LogP contribution in [0.15, 0.2) is 29.6 Å². The van der Waals surface area contributed by atoms with E-state index in [1.165, 1.54) is 5.56 Å². The first-order valence-corrected chi connectivity index (χ1v) is 8.23. The summed E-state index contributed by atoms with van der Waals surface area (Å²) in [4.78, 5) is 6.65. The summed E-state index contributed by atoms with van der Waals surface area (Å²) in [6.45, 7) is 7.51. The highest BCUT2D eigenvalue weighted by Crippen LogP contribution is 2.17. The lowest BCUT2D eigenvalue weighted by molar-refractivity contribution is 0.0422. The van der Waals surface area contributed by atoms with E-state index < -0.39 is 5.60 Å². The SMILES string of the molecule is Cc1ccc(OCc2nc(CN(C)CC(C)(C)O)cs2)cc1. The predicted molar refractivity (Wildman–Crippen MR) is 90.3 cm³/mol. The van der Waals surface area contributed by atoms with Crippen molar-refractivity contribution >= 4 is 11.3 Å². The minimum atomic E-state index is -0.692. The summed E-state index contributed by atoms with van der Waals surface area (Å²) in [5, 5.41) is 12.8. The number of hydrogen-bond donors (Lipinski definition) is 1. The Bertz CT molecular complexity index is 587. The van der Waals surface area contributed by atoms with Crippen LogP contribution in [0.3, 0.4) is 0 Å². The van der Waals surface area contributed by atoms with Gasteiger partial charge in [0.05, 0.1) is 11.3 Å². The number of likely N-dealkylation sites (N-methyl/N-ethyl adjacent to an activating group) is 1. The van der Waals surface area contributed by atoms with Crippen molar-refractivity contribution in [2.75, 3.05) is 13.6 Å². The number of benzene rings is 1. The summed E-state index contributed by atoms with van der Waals surface area (Å²) in [6, 6.07) is 8.02. The second kappa shape index (κ2) is 7.22. The van der Waals surface area contributed by atoms with Gasteiger partial charge in [-0.15, -0.1) is 11.3 Å². The minimum Gasteiger partial charge on any atom is -0.486 e. The molecule has 1 aromatic heterocycles. The van der Waals surface area contributed by atoms with Crippen molar-refractivity contribution in [3.05, 3.63) is 45.9 Å². The summed E-state index contributed by atoms with van der Waals surface area (Å²) >= 11 is 1.61. The molecule has 0 unspecified atom stereocenters. The van der Waals surface area contributed by atoms with E-state index in [0.29, 0.717) is 13.2 Å². The predicted octanol–water partition coefficient (Wildman–Crippen LogP) is 3.23. The van der Waals surface area contributed by atoms with Gasteiger partial charge in [-0.1, -0.05) is 17.7 Å². The highest BCUT2D eigenvalue weighted by Gasteiger charge is 2.16. The van der Waals surface area contributed by atoms with Gasteiger partial charge in [-0.2, -0.15) is 0 Å². The Kier molecular flexibility index (Phi) is 5.56. The van der Waals surface area contributed by atoms with Gasteiger partial charge in [0.15, 0.2) is 0 Å². The average Bonchev–Trinajstić information content (AvgIpc) is 2.83. The number of hydrogen-bond acceptors (Lipinski definition) is 5. The van der Waals surface area contributed by atoms with Gasteiger partial charge in [0.2, 0.25) is 0 Å². The Morgan fingerprint density at radius 1 is 1.27 bits per heavy atom. The number of thiazole rings is 1. The molecule has 0 fully saturated rings. The molecule has 2 rings (SSSR count). The van der Waals surface area contributed by atoms with Gasteiger partial charge in [-0.05, 0) is 40.0 Å². The second-order valence-electron chi connectivity index (χ2n) is 6.32. The van der Waals surface area contributed by atoms with Crippen LogP contribution in [-0.2, 0) is 13.2 Å². The Labute approximate surface area is 136 Å². The molecule has 1 aromatic carbocycles. The van der Waals surface area contributed by atoms with Crippen molar-refractivity contribution in [3.63, 3.8) is 0 Å². The third kappa shape index (κ3) is 5.75. The number of aryl methyl sites for hydroxylation is 1. The second-order valence-corrected chi connectivity index (χ2v) is 7.26. The Hall–Kier alpha value is -1.43. The highest BCUT2D eigenvalue weighted by atomic mass is 32.1. The molecule has 0 radical (unpaired) electrons. The average molecular weight is 320 g/mol. The van der Waals surface area contributed by atoms with Crippen LogP contribution in [0.1, 0.15) is 30.1 Å². The van der Waals surface area contributed by atoms with Crippen molar-refractivity contribution in [1.29, 1.82) is 0 Å². The molecule has 0 aliphatic carbocycles. The normalized spacial score (nSPS) is 11.9. The molecule has 0 bridgehead atoms. The molecule has 0 aliphatic rings. The zero-order chi connectivity index (χ0) is 16.2. The van der Waals surface area contributed by atoms with Crippen LogP contribution in [-0.4, -0.2) is 34.2 Å². The Morgan fingerprint density at radius 2 is 1.95 bits per heavy atom. The monoisotopic (exact) mass is 320 g/mol. The molecular formula is C17H24N2O2S. The first kappa shape index (κ1) is 16.9. The Balaban J connectivity index is 1.84. The number of nitrogens with zero attached hydrogens (tertiary/aromatic N) is 2. The molecule has 120 valence electrons. The van der Waals surface area contributed by atoms with Crippen molar-refractivity contribution < 1.29 is 9.84 Å². The summed E-state index contributed by atoms with van der Waals surface area (Å²) in [5.74, 6) is 0.862. The van der Waals surface area contributed by atoms with Crippen LogP contribution < -0.4 is 4.74 Å². The zero-order valence-corrected chi connectivity index (χ0v) is 14.5. The first-order chi connectivity index (χ1) is 10.3. The molecule has 0 aliphatic heterocycles. The molecule has 0 saturated carbocycles. The Morgan fingerprint density at radius 3 is 2.59 bits per heavy atom. The van der Waals surface area contributed by atoms with Crippen LogP contribution in [0.25, 0.3) is 0 Å². The van der Waals surface area contributed by atoms with Crippen LogP contribution in [0, 0.1) is 6.92 Å². The molecule has 0 amide bonds. The first-order valence-electron chi connectivity index (χ1n) is 7.35. The van der Waals surface area contributed by atoms with Crippen LogP contribution in [0.2, 0.25) is 0 Å². The lowest BCUT2D eigenvalue weighted by Gasteiger charge is -2.24. The van der Waals surface area contributed by atoms with E-state index in [1.807, 2.05) is 45.2 Å². The van der Waals surface area contributed by atoms with Crippen LogP contribution in [0.5, 0.6) is 5.75 Å². The molecule has 5 heteroatoms. The molecule has 22 heavy (non-hydrogen) atoms. The molecule has 1 heterocycles. The van der Waals surface area contributed by atoms with Gasteiger partial charge in [0.25, 0.3) is 0 Å². The van der Waals surface area contributed by atoms with Crippen molar-refractivity contribution in [3.8, 4) is 5.75 Å². The fourth-order valence-corrected chi connectivity index (χ4v) is 2.96. The molecule has 0 atom stereocenters. The number of rotatable bonds is 7. The summed E-state index contributed by atoms with van der Waals surface area (Å²) < 4.78 is 5.74. The standard InChI is InChI=1S/C17H24N2O2S/c1-13-5-7-15(8-6-13)21-10-16-18-14(11-22-16)9-19(4)12-17(2,3)20/h5-8,11,20H,9-10,12H2,1-4H3. The van der Waals surface area contributed by atoms with Crippen molar-refractivity contribution in [2.45, 2.75) is 39.5 Å². The number of aliphatic hydroxyl groups is 1. The smallest absolute Gasteiger partial charge is 0.140 e.